The molecule has 0 aromatic carbocycles. The minimum atomic E-state index is 0.212. The lowest BCUT2D eigenvalue weighted by Gasteiger charge is -2.35. The Balaban J connectivity index is 4.54. The van der Waals surface area contributed by atoms with Gasteiger partial charge in [-0.2, -0.15) is 0 Å². The highest BCUT2D eigenvalue weighted by Crippen LogP contribution is 2.13. The largest absolute Gasteiger partial charge is 0.395 e. The van der Waals surface area contributed by atoms with E-state index in [1.165, 1.54) is 0 Å². The van der Waals surface area contributed by atoms with E-state index < -0.39 is 0 Å². The smallest absolute Gasteiger partial charge is 0.0558 e. The number of hydrogen-bond donors (Lipinski definition) is 2. The highest BCUT2D eigenvalue weighted by molar-refractivity contribution is 4.74. The molecule has 0 rings (SSSR count). The number of hydrogen-bond acceptors (Lipinski definition) is 4. The molecule has 0 aliphatic carbocycles. The first-order chi connectivity index (χ1) is 10.3. The molecular formula is C18H40N2O2. The van der Waals surface area contributed by atoms with Crippen molar-refractivity contribution in [2.75, 3.05) is 39.4 Å². The molecule has 0 aliphatic heterocycles. The SMILES string of the molecule is CC(C)CC(C)N(CCO)CCN(CCO)C(C)CC(C)C. The Morgan fingerprint density at radius 2 is 0.909 bits per heavy atom. The van der Waals surface area contributed by atoms with Crippen molar-refractivity contribution in [1.29, 1.82) is 0 Å². The summed E-state index contributed by atoms with van der Waals surface area (Å²) in [5, 5.41) is 18.6. The lowest BCUT2D eigenvalue weighted by Crippen LogP contribution is -2.45. The molecule has 2 N–H and O–H groups in total. The zero-order valence-electron chi connectivity index (χ0n) is 15.8. The minimum absolute atomic E-state index is 0.212. The van der Waals surface area contributed by atoms with E-state index in [0.717, 1.165) is 39.0 Å². The molecule has 0 aliphatic rings. The molecule has 0 fully saturated rings. The molecule has 0 amide bonds. The van der Waals surface area contributed by atoms with Crippen LogP contribution < -0.4 is 0 Å². The molecule has 2 unspecified atom stereocenters. The molecule has 0 spiro atoms. The van der Waals surface area contributed by atoms with Gasteiger partial charge in [-0.05, 0) is 38.5 Å². The van der Waals surface area contributed by atoms with Crippen molar-refractivity contribution in [3.05, 3.63) is 0 Å². The van der Waals surface area contributed by atoms with E-state index in [-0.39, 0.29) is 13.2 Å². The van der Waals surface area contributed by atoms with E-state index in [1.54, 1.807) is 0 Å². The highest BCUT2D eigenvalue weighted by atomic mass is 16.3. The fourth-order valence-electron chi connectivity index (χ4n) is 3.28. The van der Waals surface area contributed by atoms with E-state index in [2.05, 4.69) is 51.3 Å². The average molecular weight is 317 g/mol. The Morgan fingerprint density at radius 1 is 0.591 bits per heavy atom. The standard InChI is InChI=1S/C18H40N2O2/c1-15(2)13-17(5)19(9-11-21)7-8-20(10-12-22)18(6)14-16(3)4/h15-18,21-22H,7-14H2,1-6H3. The molecule has 4 nitrogen and oxygen atoms in total. The zero-order chi connectivity index (χ0) is 17.1. The third-order valence-electron chi connectivity index (χ3n) is 4.32. The summed E-state index contributed by atoms with van der Waals surface area (Å²) >= 11 is 0. The van der Waals surface area contributed by atoms with Gasteiger partial charge in [-0.3, -0.25) is 9.80 Å². The van der Waals surface area contributed by atoms with Crippen LogP contribution in [0.2, 0.25) is 0 Å². The van der Waals surface area contributed by atoms with Crippen LogP contribution in [0.1, 0.15) is 54.4 Å². The van der Waals surface area contributed by atoms with E-state index >= 15 is 0 Å². The van der Waals surface area contributed by atoms with Gasteiger partial charge in [0.2, 0.25) is 0 Å². The Kier molecular flexibility index (Phi) is 12.2. The Morgan fingerprint density at radius 3 is 1.14 bits per heavy atom. The summed E-state index contributed by atoms with van der Waals surface area (Å²) in [5.74, 6) is 1.34. The summed E-state index contributed by atoms with van der Waals surface area (Å²) in [5.41, 5.74) is 0. The van der Waals surface area contributed by atoms with Gasteiger partial charge in [0, 0.05) is 38.3 Å². The van der Waals surface area contributed by atoms with Crippen molar-refractivity contribution in [3.63, 3.8) is 0 Å². The topological polar surface area (TPSA) is 46.9 Å². The van der Waals surface area contributed by atoms with Gasteiger partial charge in [0.25, 0.3) is 0 Å². The molecule has 0 saturated heterocycles. The summed E-state index contributed by atoms with van der Waals surface area (Å²) in [6.45, 7) is 17.3. The van der Waals surface area contributed by atoms with Gasteiger partial charge in [-0.1, -0.05) is 27.7 Å². The molecule has 0 saturated carbocycles. The summed E-state index contributed by atoms with van der Waals surface area (Å²) in [7, 11) is 0. The Bertz CT molecular complexity index is 233. The lowest BCUT2D eigenvalue weighted by molar-refractivity contribution is 0.0968. The van der Waals surface area contributed by atoms with Crippen molar-refractivity contribution < 1.29 is 10.2 Å². The fraction of sp³-hybridized carbons (Fsp3) is 1.00. The van der Waals surface area contributed by atoms with Crippen LogP contribution in [0, 0.1) is 11.8 Å². The molecule has 0 bridgehead atoms. The maximum atomic E-state index is 9.32. The van der Waals surface area contributed by atoms with Crippen LogP contribution in [0.5, 0.6) is 0 Å². The summed E-state index contributed by atoms with van der Waals surface area (Å²) in [6.07, 6.45) is 2.31. The minimum Gasteiger partial charge on any atom is -0.395 e. The second-order valence-electron chi connectivity index (χ2n) is 7.48. The number of rotatable bonds is 13. The van der Waals surface area contributed by atoms with Gasteiger partial charge in [0.1, 0.15) is 0 Å². The van der Waals surface area contributed by atoms with Crippen LogP contribution in [0.25, 0.3) is 0 Å². The second-order valence-corrected chi connectivity index (χ2v) is 7.48. The predicted molar refractivity (Wildman–Crippen MR) is 95.2 cm³/mol. The van der Waals surface area contributed by atoms with Crippen molar-refractivity contribution in [1.82, 2.24) is 9.80 Å². The van der Waals surface area contributed by atoms with E-state index in [4.69, 9.17) is 0 Å². The molecular weight excluding hydrogens is 276 g/mol. The van der Waals surface area contributed by atoms with E-state index in [1.807, 2.05) is 0 Å². The van der Waals surface area contributed by atoms with Crippen LogP contribution in [0.4, 0.5) is 0 Å². The van der Waals surface area contributed by atoms with Crippen LogP contribution >= 0.6 is 0 Å². The lowest BCUT2D eigenvalue weighted by atomic mass is 10.0. The Hall–Kier alpha value is -0.160. The maximum absolute atomic E-state index is 9.32. The van der Waals surface area contributed by atoms with Gasteiger partial charge >= 0.3 is 0 Å². The van der Waals surface area contributed by atoms with Crippen LogP contribution in [0.15, 0.2) is 0 Å². The monoisotopic (exact) mass is 316 g/mol. The molecule has 0 heterocycles. The van der Waals surface area contributed by atoms with Crippen molar-refractivity contribution in [2.24, 2.45) is 11.8 Å². The first-order valence-corrected chi connectivity index (χ1v) is 9.01. The molecule has 4 heteroatoms. The summed E-state index contributed by atoms with van der Waals surface area (Å²) in [6, 6.07) is 0.979. The van der Waals surface area contributed by atoms with E-state index in [0.29, 0.717) is 23.9 Å². The molecule has 0 aromatic rings. The fourth-order valence-corrected chi connectivity index (χ4v) is 3.28. The third-order valence-corrected chi connectivity index (χ3v) is 4.32. The van der Waals surface area contributed by atoms with Crippen molar-refractivity contribution in [3.8, 4) is 0 Å². The quantitative estimate of drug-likeness (QED) is 0.548. The normalized spacial score (nSPS) is 15.3. The molecule has 22 heavy (non-hydrogen) atoms. The zero-order valence-corrected chi connectivity index (χ0v) is 15.8. The summed E-state index contributed by atoms with van der Waals surface area (Å²) < 4.78 is 0. The average Bonchev–Trinajstić information content (AvgIpc) is 2.40. The first-order valence-electron chi connectivity index (χ1n) is 9.01. The van der Waals surface area contributed by atoms with E-state index in [9.17, 15) is 10.2 Å². The predicted octanol–water partition coefficient (Wildman–Crippen LogP) is 2.44. The highest BCUT2D eigenvalue weighted by Gasteiger charge is 2.19. The van der Waals surface area contributed by atoms with Gasteiger partial charge in [0.05, 0.1) is 13.2 Å². The molecule has 134 valence electrons. The van der Waals surface area contributed by atoms with Crippen molar-refractivity contribution >= 4 is 0 Å². The van der Waals surface area contributed by atoms with Gasteiger partial charge in [-0.15, -0.1) is 0 Å². The second kappa shape index (κ2) is 12.3. The number of aliphatic hydroxyl groups excluding tert-OH is 2. The van der Waals surface area contributed by atoms with Crippen LogP contribution in [-0.2, 0) is 0 Å². The summed E-state index contributed by atoms with van der Waals surface area (Å²) in [4.78, 5) is 4.76. The van der Waals surface area contributed by atoms with Crippen LogP contribution in [-0.4, -0.2) is 71.5 Å². The van der Waals surface area contributed by atoms with Crippen LogP contribution in [0.3, 0.4) is 0 Å². The molecule has 2 atom stereocenters. The van der Waals surface area contributed by atoms with Crippen molar-refractivity contribution in [2.45, 2.75) is 66.5 Å². The molecule has 0 radical (unpaired) electrons. The number of nitrogens with zero attached hydrogens (tertiary/aromatic N) is 2. The first kappa shape index (κ1) is 21.8. The van der Waals surface area contributed by atoms with Gasteiger partial charge in [0.15, 0.2) is 0 Å². The third kappa shape index (κ3) is 9.78. The van der Waals surface area contributed by atoms with Gasteiger partial charge in [-0.25, -0.2) is 0 Å². The van der Waals surface area contributed by atoms with Gasteiger partial charge < -0.3 is 10.2 Å². The Labute approximate surface area is 138 Å². The maximum Gasteiger partial charge on any atom is 0.0558 e. The molecule has 0 aromatic heterocycles. The number of aliphatic hydroxyl groups is 2.